The van der Waals surface area contributed by atoms with Crippen LogP contribution >= 0.6 is 0 Å². The molecule has 0 radical (unpaired) electrons. The Bertz CT molecular complexity index is 372. The summed E-state index contributed by atoms with van der Waals surface area (Å²) in [6.45, 7) is 2.71. The number of halogens is 2. The number of nitrogens with one attached hydrogen (secondary N) is 1. The van der Waals surface area contributed by atoms with Crippen LogP contribution in [0.25, 0.3) is 0 Å². The SMILES string of the molecule is CC(CO)CCCNc1ccc(N)cc1C(F)F. The highest BCUT2D eigenvalue weighted by atomic mass is 19.3. The van der Waals surface area contributed by atoms with E-state index in [2.05, 4.69) is 5.32 Å². The van der Waals surface area contributed by atoms with Crippen molar-refractivity contribution in [3.63, 3.8) is 0 Å². The largest absolute Gasteiger partial charge is 0.399 e. The standard InChI is InChI=1S/C13H20F2N2O/c1-9(8-18)3-2-6-17-12-5-4-10(16)7-11(12)13(14)15/h4-5,7,9,13,17-18H,2-3,6,8,16H2,1H3. The van der Waals surface area contributed by atoms with Gasteiger partial charge < -0.3 is 16.2 Å². The van der Waals surface area contributed by atoms with Crippen LogP contribution in [0, 0.1) is 5.92 Å². The molecule has 5 heteroatoms. The van der Waals surface area contributed by atoms with Crippen LogP contribution in [0.5, 0.6) is 0 Å². The Morgan fingerprint density at radius 1 is 1.39 bits per heavy atom. The van der Waals surface area contributed by atoms with Crippen molar-refractivity contribution >= 4 is 11.4 Å². The zero-order valence-electron chi connectivity index (χ0n) is 10.5. The third kappa shape index (κ3) is 4.49. The summed E-state index contributed by atoms with van der Waals surface area (Å²) in [5, 5.41) is 11.8. The maximum atomic E-state index is 12.8. The highest BCUT2D eigenvalue weighted by Gasteiger charge is 2.12. The minimum atomic E-state index is -2.53. The average molecular weight is 258 g/mol. The molecule has 0 heterocycles. The lowest BCUT2D eigenvalue weighted by atomic mass is 10.1. The Morgan fingerprint density at radius 3 is 2.72 bits per heavy atom. The predicted octanol–water partition coefficient (Wildman–Crippen LogP) is 3.03. The average Bonchev–Trinajstić information content (AvgIpc) is 2.35. The van der Waals surface area contributed by atoms with Gasteiger partial charge in [-0.15, -0.1) is 0 Å². The molecule has 1 unspecified atom stereocenters. The van der Waals surface area contributed by atoms with Crippen molar-refractivity contribution in [1.29, 1.82) is 0 Å². The molecule has 4 N–H and O–H groups in total. The van der Waals surface area contributed by atoms with Crippen molar-refractivity contribution in [3.8, 4) is 0 Å². The molecule has 0 aliphatic rings. The number of aliphatic hydroxyl groups is 1. The van der Waals surface area contributed by atoms with Crippen molar-refractivity contribution in [2.75, 3.05) is 24.2 Å². The predicted molar refractivity (Wildman–Crippen MR) is 69.8 cm³/mol. The van der Waals surface area contributed by atoms with E-state index >= 15 is 0 Å². The van der Waals surface area contributed by atoms with Gasteiger partial charge in [-0.05, 0) is 37.0 Å². The van der Waals surface area contributed by atoms with E-state index in [0.29, 0.717) is 17.9 Å². The Morgan fingerprint density at radius 2 is 2.11 bits per heavy atom. The van der Waals surface area contributed by atoms with Gasteiger partial charge in [0.1, 0.15) is 0 Å². The van der Waals surface area contributed by atoms with E-state index in [0.717, 1.165) is 12.8 Å². The van der Waals surface area contributed by atoms with Crippen LogP contribution in [0.4, 0.5) is 20.2 Å². The zero-order valence-corrected chi connectivity index (χ0v) is 10.5. The van der Waals surface area contributed by atoms with E-state index in [1.807, 2.05) is 6.92 Å². The van der Waals surface area contributed by atoms with E-state index in [-0.39, 0.29) is 18.1 Å². The van der Waals surface area contributed by atoms with Crippen LogP contribution in [0.2, 0.25) is 0 Å². The second kappa shape index (κ2) is 7.16. The molecule has 1 atom stereocenters. The number of alkyl halides is 2. The summed E-state index contributed by atoms with van der Waals surface area (Å²) in [5.41, 5.74) is 6.19. The third-order valence-corrected chi connectivity index (χ3v) is 2.81. The Kier molecular flexibility index (Phi) is 5.85. The van der Waals surface area contributed by atoms with E-state index in [9.17, 15) is 8.78 Å². The minimum Gasteiger partial charge on any atom is -0.399 e. The van der Waals surface area contributed by atoms with Crippen LogP contribution in [-0.4, -0.2) is 18.3 Å². The smallest absolute Gasteiger partial charge is 0.265 e. The summed E-state index contributed by atoms with van der Waals surface area (Å²) < 4.78 is 25.5. The normalized spacial score (nSPS) is 12.7. The van der Waals surface area contributed by atoms with Gasteiger partial charge >= 0.3 is 0 Å². The maximum absolute atomic E-state index is 12.8. The van der Waals surface area contributed by atoms with Crippen molar-refractivity contribution in [2.45, 2.75) is 26.2 Å². The molecule has 0 aliphatic heterocycles. The molecule has 1 rings (SSSR count). The fraction of sp³-hybridized carbons (Fsp3) is 0.538. The van der Waals surface area contributed by atoms with Crippen molar-refractivity contribution in [3.05, 3.63) is 23.8 Å². The van der Waals surface area contributed by atoms with Gasteiger partial charge in [0, 0.05) is 30.1 Å². The summed E-state index contributed by atoms with van der Waals surface area (Å²) in [6, 6.07) is 4.47. The third-order valence-electron chi connectivity index (χ3n) is 2.81. The molecule has 18 heavy (non-hydrogen) atoms. The van der Waals surface area contributed by atoms with E-state index in [1.54, 1.807) is 12.1 Å². The lowest BCUT2D eigenvalue weighted by Gasteiger charge is -2.13. The van der Waals surface area contributed by atoms with Crippen LogP contribution in [0.15, 0.2) is 18.2 Å². The molecule has 0 saturated carbocycles. The molecule has 1 aromatic carbocycles. The van der Waals surface area contributed by atoms with E-state index in [4.69, 9.17) is 10.8 Å². The molecule has 0 amide bonds. The number of aliphatic hydroxyl groups excluding tert-OH is 1. The second-order valence-electron chi connectivity index (χ2n) is 4.50. The fourth-order valence-corrected chi connectivity index (χ4v) is 1.69. The molecule has 0 fully saturated rings. The molecule has 1 aromatic rings. The molecule has 0 bridgehead atoms. The molecule has 3 nitrogen and oxygen atoms in total. The van der Waals surface area contributed by atoms with Gasteiger partial charge in [-0.3, -0.25) is 0 Å². The van der Waals surface area contributed by atoms with E-state index in [1.165, 1.54) is 6.07 Å². The Labute approximate surface area is 106 Å². The quantitative estimate of drug-likeness (QED) is 0.520. The molecular weight excluding hydrogens is 238 g/mol. The molecule has 0 saturated heterocycles. The topological polar surface area (TPSA) is 58.3 Å². The summed E-state index contributed by atoms with van der Waals surface area (Å²) >= 11 is 0. The van der Waals surface area contributed by atoms with Crippen LogP contribution in [-0.2, 0) is 0 Å². The lowest BCUT2D eigenvalue weighted by Crippen LogP contribution is -2.08. The summed E-state index contributed by atoms with van der Waals surface area (Å²) in [7, 11) is 0. The summed E-state index contributed by atoms with van der Waals surface area (Å²) in [6.07, 6.45) is -0.843. The maximum Gasteiger partial charge on any atom is 0.265 e. The van der Waals surface area contributed by atoms with Crippen LogP contribution in [0.3, 0.4) is 0 Å². The van der Waals surface area contributed by atoms with Gasteiger partial charge in [-0.1, -0.05) is 6.92 Å². The number of nitrogens with two attached hydrogens (primary N) is 1. The van der Waals surface area contributed by atoms with Gasteiger partial charge in [-0.2, -0.15) is 0 Å². The molecule has 102 valence electrons. The van der Waals surface area contributed by atoms with E-state index < -0.39 is 6.43 Å². The van der Waals surface area contributed by atoms with Gasteiger partial charge in [0.15, 0.2) is 0 Å². The summed E-state index contributed by atoms with van der Waals surface area (Å²) in [4.78, 5) is 0. The van der Waals surface area contributed by atoms with Crippen molar-refractivity contribution in [1.82, 2.24) is 0 Å². The number of anilines is 2. The highest BCUT2D eigenvalue weighted by Crippen LogP contribution is 2.28. The van der Waals surface area contributed by atoms with Crippen LogP contribution in [0.1, 0.15) is 31.8 Å². The molecular formula is C13H20F2N2O. The number of nitrogen functional groups attached to an aromatic ring is 1. The summed E-state index contributed by atoms with van der Waals surface area (Å²) in [5.74, 6) is 0.243. The van der Waals surface area contributed by atoms with Crippen molar-refractivity contribution in [2.24, 2.45) is 5.92 Å². The number of rotatable bonds is 7. The Hall–Kier alpha value is -1.36. The first-order valence-electron chi connectivity index (χ1n) is 6.07. The molecule has 0 aromatic heterocycles. The monoisotopic (exact) mass is 258 g/mol. The molecule has 0 spiro atoms. The van der Waals surface area contributed by atoms with Crippen molar-refractivity contribution < 1.29 is 13.9 Å². The zero-order chi connectivity index (χ0) is 13.5. The fourth-order valence-electron chi connectivity index (χ4n) is 1.69. The van der Waals surface area contributed by atoms with Crippen LogP contribution < -0.4 is 11.1 Å². The highest BCUT2D eigenvalue weighted by molar-refractivity contribution is 5.58. The Balaban J connectivity index is 2.51. The number of hydrogen-bond acceptors (Lipinski definition) is 3. The van der Waals surface area contributed by atoms with Gasteiger partial charge in [0.25, 0.3) is 6.43 Å². The first-order valence-corrected chi connectivity index (χ1v) is 6.07. The van der Waals surface area contributed by atoms with Gasteiger partial charge in [0.2, 0.25) is 0 Å². The lowest BCUT2D eigenvalue weighted by molar-refractivity contribution is 0.152. The number of hydrogen-bond donors (Lipinski definition) is 3. The number of benzene rings is 1. The first kappa shape index (κ1) is 14.7. The minimum absolute atomic E-state index is 0.0646. The molecule has 0 aliphatic carbocycles. The second-order valence-corrected chi connectivity index (χ2v) is 4.50. The van der Waals surface area contributed by atoms with Gasteiger partial charge in [0.05, 0.1) is 0 Å². The first-order chi connectivity index (χ1) is 8.54. The van der Waals surface area contributed by atoms with Gasteiger partial charge in [-0.25, -0.2) is 8.78 Å².